The second kappa shape index (κ2) is 3.76. The Hall–Kier alpha value is -0.410. The van der Waals surface area contributed by atoms with Gasteiger partial charge in [0.25, 0.3) is 0 Å². The molecule has 1 heterocycles. The van der Waals surface area contributed by atoms with Crippen molar-refractivity contribution in [2.24, 2.45) is 0 Å². The predicted molar refractivity (Wildman–Crippen MR) is 53.9 cm³/mol. The van der Waals surface area contributed by atoms with Crippen molar-refractivity contribution < 1.29 is 5.11 Å². The quantitative estimate of drug-likeness (QED) is 0.789. The van der Waals surface area contributed by atoms with E-state index in [0.717, 1.165) is 24.3 Å². The molecule has 0 radical (unpaired) electrons. The van der Waals surface area contributed by atoms with Crippen LogP contribution in [0, 0.1) is 0 Å². The van der Waals surface area contributed by atoms with Crippen LogP contribution in [0.5, 0.6) is 0 Å². The minimum atomic E-state index is -0.448. The molecule has 2 nitrogen and oxygen atoms in total. The van der Waals surface area contributed by atoms with E-state index in [0.29, 0.717) is 0 Å². The number of nitrogens with zero attached hydrogens (tertiary/aromatic N) is 1. The fourth-order valence-electron chi connectivity index (χ4n) is 2.01. The van der Waals surface area contributed by atoms with Crippen LogP contribution in [0.2, 0.25) is 0 Å². The second-order valence-corrected chi connectivity index (χ2v) is 4.87. The van der Waals surface area contributed by atoms with Gasteiger partial charge in [0.05, 0.1) is 10.6 Å². The first kappa shape index (κ1) is 9.16. The van der Waals surface area contributed by atoms with Gasteiger partial charge in [0.1, 0.15) is 0 Å². The Balaban J connectivity index is 1.99. The highest BCUT2D eigenvalue weighted by atomic mass is 32.1. The molecule has 0 spiro atoms. The van der Waals surface area contributed by atoms with Gasteiger partial charge in [-0.1, -0.05) is 19.3 Å². The van der Waals surface area contributed by atoms with Crippen molar-refractivity contribution in [3.8, 4) is 0 Å². The minimum absolute atomic E-state index is 0.448. The van der Waals surface area contributed by atoms with Gasteiger partial charge in [-0.3, -0.25) is 0 Å². The molecule has 0 unspecified atom stereocenters. The molecule has 0 atom stereocenters. The summed E-state index contributed by atoms with van der Waals surface area (Å²) in [6.07, 6.45) is 8.08. The highest BCUT2D eigenvalue weighted by molar-refractivity contribution is 7.09. The van der Waals surface area contributed by atoms with E-state index in [4.69, 9.17) is 0 Å². The Labute approximate surface area is 82.6 Å². The van der Waals surface area contributed by atoms with Crippen molar-refractivity contribution in [3.05, 3.63) is 16.6 Å². The van der Waals surface area contributed by atoms with E-state index in [1.807, 2.05) is 11.6 Å². The standard InChI is InChI=1S/C10H15NOS/c12-10(4-2-1-3-5-10)8-9-11-6-7-13-9/h6-7,12H,1-5,8H2. The first-order valence-electron chi connectivity index (χ1n) is 4.89. The fourth-order valence-corrected chi connectivity index (χ4v) is 2.76. The highest BCUT2D eigenvalue weighted by Crippen LogP contribution is 2.31. The maximum atomic E-state index is 10.2. The molecular weight excluding hydrogens is 182 g/mol. The van der Waals surface area contributed by atoms with Gasteiger partial charge >= 0.3 is 0 Å². The van der Waals surface area contributed by atoms with Crippen LogP contribution in [0.4, 0.5) is 0 Å². The van der Waals surface area contributed by atoms with Gasteiger partial charge in [0.2, 0.25) is 0 Å². The van der Waals surface area contributed by atoms with Gasteiger partial charge in [0, 0.05) is 18.0 Å². The zero-order chi connectivity index (χ0) is 9.15. The summed E-state index contributed by atoms with van der Waals surface area (Å²) in [4.78, 5) is 4.21. The molecule has 3 heteroatoms. The lowest BCUT2D eigenvalue weighted by molar-refractivity contribution is 0.00445. The summed E-state index contributed by atoms with van der Waals surface area (Å²) in [6.45, 7) is 0. The number of thiazole rings is 1. The van der Waals surface area contributed by atoms with Crippen molar-refractivity contribution in [1.29, 1.82) is 0 Å². The van der Waals surface area contributed by atoms with Gasteiger partial charge in [-0.25, -0.2) is 4.98 Å². The Morgan fingerprint density at radius 1 is 1.38 bits per heavy atom. The van der Waals surface area contributed by atoms with Gasteiger partial charge in [-0.15, -0.1) is 11.3 Å². The molecule has 0 aromatic carbocycles. The first-order chi connectivity index (χ1) is 6.29. The molecule has 0 bridgehead atoms. The van der Waals surface area contributed by atoms with Crippen LogP contribution < -0.4 is 0 Å². The minimum Gasteiger partial charge on any atom is -0.389 e. The highest BCUT2D eigenvalue weighted by Gasteiger charge is 2.29. The number of hydrogen-bond donors (Lipinski definition) is 1. The molecule has 0 aliphatic heterocycles. The van der Waals surface area contributed by atoms with E-state index in [1.54, 1.807) is 11.3 Å². The smallest absolute Gasteiger partial charge is 0.0953 e. The second-order valence-electron chi connectivity index (χ2n) is 3.89. The summed E-state index contributed by atoms with van der Waals surface area (Å²) in [6, 6.07) is 0. The Bertz CT molecular complexity index is 252. The lowest BCUT2D eigenvalue weighted by Gasteiger charge is -2.31. The fraction of sp³-hybridized carbons (Fsp3) is 0.700. The summed E-state index contributed by atoms with van der Waals surface area (Å²) >= 11 is 1.64. The van der Waals surface area contributed by atoms with E-state index < -0.39 is 5.60 Å². The van der Waals surface area contributed by atoms with Gasteiger partial charge < -0.3 is 5.11 Å². The number of hydrogen-bond acceptors (Lipinski definition) is 3. The third-order valence-corrected chi connectivity index (χ3v) is 3.53. The molecule has 1 aliphatic carbocycles. The van der Waals surface area contributed by atoms with E-state index in [9.17, 15) is 5.11 Å². The van der Waals surface area contributed by atoms with Crippen LogP contribution >= 0.6 is 11.3 Å². The molecule has 2 rings (SSSR count). The number of aliphatic hydroxyl groups is 1. The molecular formula is C10H15NOS. The van der Waals surface area contributed by atoms with Crippen molar-refractivity contribution >= 4 is 11.3 Å². The summed E-state index contributed by atoms with van der Waals surface area (Å²) in [7, 11) is 0. The average molecular weight is 197 g/mol. The van der Waals surface area contributed by atoms with E-state index >= 15 is 0 Å². The van der Waals surface area contributed by atoms with Crippen molar-refractivity contribution in [2.45, 2.75) is 44.1 Å². The third kappa shape index (κ3) is 2.29. The van der Waals surface area contributed by atoms with Crippen molar-refractivity contribution in [3.63, 3.8) is 0 Å². The van der Waals surface area contributed by atoms with Crippen LogP contribution in [-0.4, -0.2) is 15.7 Å². The molecule has 72 valence electrons. The lowest BCUT2D eigenvalue weighted by atomic mass is 9.83. The van der Waals surface area contributed by atoms with Crippen LogP contribution in [0.25, 0.3) is 0 Å². The van der Waals surface area contributed by atoms with Crippen LogP contribution in [0.15, 0.2) is 11.6 Å². The summed E-state index contributed by atoms with van der Waals surface area (Å²) in [5.74, 6) is 0. The summed E-state index contributed by atoms with van der Waals surface area (Å²) in [5.41, 5.74) is -0.448. The normalized spacial score (nSPS) is 21.6. The topological polar surface area (TPSA) is 33.1 Å². The van der Waals surface area contributed by atoms with E-state index in [1.165, 1.54) is 19.3 Å². The van der Waals surface area contributed by atoms with Gasteiger partial charge in [-0.05, 0) is 12.8 Å². The van der Waals surface area contributed by atoms with Gasteiger partial charge in [0.15, 0.2) is 0 Å². The van der Waals surface area contributed by atoms with Crippen LogP contribution in [0.1, 0.15) is 37.1 Å². The maximum Gasteiger partial charge on any atom is 0.0953 e. The first-order valence-corrected chi connectivity index (χ1v) is 5.77. The SMILES string of the molecule is OC1(Cc2nccs2)CCCCC1. The number of aromatic nitrogens is 1. The Kier molecular flexibility index (Phi) is 2.65. The summed E-state index contributed by atoms with van der Waals surface area (Å²) < 4.78 is 0. The van der Waals surface area contributed by atoms with E-state index in [2.05, 4.69) is 4.98 Å². The van der Waals surface area contributed by atoms with E-state index in [-0.39, 0.29) is 0 Å². The molecule has 0 amide bonds. The maximum absolute atomic E-state index is 10.2. The molecule has 1 aromatic heterocycles. The molecule has 1 aliphatic rings. The molecule has 1 saturated carbocycles. The van der Waals surface area contributed by atoms with Crippen LogP contribution in [0.3, 0.4) is 0 Å². The number of rotatable bonds is 2. The zero-order valence-corrected chi connectivity index (χ0v) is 8.52. The molecule has 0 saturated heterocycles. The van der Waals surface area contributed by atoms with Crippen LogP contribution in [-0.2, 0) is 6.42 Å². The lowest BCUT2D eigenvalue weighted by Crippen LogP contribution is -2.33. The average Bonchev–Trinajstić information content (AvgIpc) is 2.57. The van der Waals surface area contributed by atoms with Gasteiger partial charge in [-0.2, -0.15) is 0 Å². The largest absolute Gasteiger partial charge is 0.389 e. The molecule has 1 aromatic rings. The predicted octanol–water partition coefficient (Wildman–Crippen LogP) is 2.38. The zero-order valence-electron chi connectivity index (χ0n) is 7.70. The van der Waals surface area contributed by atoms with Crippen molar-refractivity contribution in [1.82, 2.24) is 4.98 Å². The molecule has 1 fully saturated rings. The summed E-state index contributed by atoms with van der Waals surface area (Å²) in [5, 5.41) is 13.3. The Morgan fingerprint density at radius 3 is 2.77 bits per heavy atom. The monoisotopic (exact) mass is 197 g/mol. The van der Waals surface area contributed by atoms with Crippen molar-refractivity contribution in [2.75, 3.05) is 0 Å². The third-order valence-electron chi connectivity index (χ3n) is 2.75. The Morgan fingerprint density at radius 2 is 2.15 bits per heavy atom. The molecule has 1 N–H and O–H groups in total. The molecule has 13 heavy (non-hydrogen) atoms.